The molecule has 1 aromatic heterocycles. The van der Waals surface area contributed by atoms with Gasteiger partial charge in [-0.25, -0.2) is 9.07 Å². The van der Waals surface area contributed by atoms with Crippen LogP contribution in [0.5, 0.6) is 5.75 Å². The summed E-state index contributed by atoms with van der Waals surface area (Å²) in [4.78, 5) is 24.1. The average Bonchev–Trinajstić information content (AvgIpc) is 3.23. The minimum atomic E-state index is -1.18. The van der Waals surface area contributed by atoms with Crippen LogP contribution in [0, 0.1) is 5.82 Å². The van der Waals surface area contributed by atoms with Crippen LogP contribution >= 0.6 is 0 Å². The third-order valence-corrected chi connectivity index (χ3v) is 6.23. The lowest BCUT2D eigenvalue weighted by Crippen LogP contribution is -2.27. The van der Waals surface area contributed by atoms with Crippen molar-refractivity contribution in [2.24, 2.45) is 0 Å². The summed E-state index contributed by atoms with van der Waals surface area (Å²) in [6.07, 6.45) is -1.83. The van der Waals surface area contributed by atoms with Gasteiger partial charge in [0.05, 0.1) is 24.3 Å². The summed E-state index contributed by atoms with van der Waals surface area (Å²) in [6, 6.07) is 12.6. The molecule has 0 unspecified atom stereocenters. The summed E-state index contributed by atoms with van der Waals surface area (Å²) < 4.78 is 15.2. The second kappa shape index (κ2) is 13.2. The van der Waals surface area contributed by atoms with Gasteiger partial charge >= 0.3 is 5.97 Å². The van der Waals surface area contributed by atoms with Crippen molar-refractivity contribution in [3.8, 4) is 11.4 Å². The first-order chi connectivity index (χ1) is 18.1. The largest absolute Gasteiger partial charge is 0.508 e. The monoisotopic (exact) mass is 527 g/mol. The summed E-state index contributed by atoms with van der Waals surface area (Å²) in [5.41, 5.74) is 2.78. The van der Waals surface area contributed by atoms with Gasteiger partial charge in [-0.2, -0.15) is 5.10 Å². The van der Waals surface area contributed by atoms with Crippen molar-refractivity contribution in [1.29, 1.82) is 0 Å². The van der Waals surface area contributed by atoms with E-state index < -0.39 is 36.3 Å². The molecule has 1 heterocycles. The lowest BCUT2D eigenvalue weighted by molar-refractivity contribution is -0.139. The number of aliphatic carboxylic acids is 1. The zero-order chi connectivity index (χ0) is 27.8. The Balaban J connectivity index is 1.86. The van der Waals surface area contributed by atoms with Gasteiger partial charge in [-0.1, -0.05) is 32.0 Å². The van der Waals surface area contributed by atoms with Crippen molar-refractivity contribution in [3.63, 3.8) is 0 Å². The van der Waals surface area contributed by atoms with Crippen molar-refractivity contribution in [2.45, 2.75) is 64.1 Å². The molecule has 0 radical (unpaired) electrons. The van der Waals surface area contributed by atoms with Gasteiger partial charge in [0.1, 0.15) is 11.6 Å². The maximum Gasteiger partial charge on any atom is 0.305 e. The number of aliphatic hydroxyl groups is 2. The van der Waals surface area contributed by atoms with Crippen molar-refractivity contribution >= 4 is 11.9 Å². The van der Waals surface area contributed by atoms with Gasteiger partial charge in [-0.05, 0) is 67.5 Å². The molecule has 2 atom stereocenters. The highest BCUT2D eigenvalue weighted by Crippen LogP contribution is 2.28. The summed E-state index contributed by atoms with van der Waals surface area (Å²) >= 11 is 0. The first kappa shape index (κ1) is 28.8. The fraction of sp³-hybridized carbons (Fsp3) is 0.393. The number of carboxylic acids is 1. The number of carbonyl (C=O) groups excluding carboxylic acids is 1. The molecule has 2 aromatic carbocycles. The third-order valence-electron chi connectivity index (χ3n) is 6.23. The quantitative estimate of drug-likeness (QED) is 0.229. The highest BCUT2D eigenvalue weighted by molar-refractivity contribution is 5.94. The third kappa shape index (κ3) is 7.62. The van der Waals surface area contributed by atoms with E-state index in [1.54, 1.807) is 41.1 Å². The van der Waals surface area contributed by atoms with Gasteiger partial charge in [0.2, 0.25) is 0 Å². The van der Waals surface area contributed by atoms with Crippen LogP contribution in [0.3, 0.4) is 0 Å². The molecule has 0 saturated carbocycles. The number of nitrogens with one attached hydrogen (secondary N) is 1. The number of phenols is 1. The number of rotatable bonds is 13. The number of carboxylic acid groups (broad SMARTS) is 1. The Labute approximate surface area is 220 Å². The highest BCUT2D eigenvalue weighted by atomic mass is 19.1. The first-order valence-electron chi connectivity index (χ1n) is 12.6. The van der Waals surface area contributed by atoms with E-state index in [4.69, 9.17) is 5.11 Å². The van der Waals surface area contributed by atoms with E-state index in [2.05, 4.69) is 10.4 Å². The van der Waals surface area contributed by atoms with E-state index in [1.165, 1.54) is 12.1 Å². The van der Waals surface area contributed by atoms with Crippen LogP contribution in [-0.4, -0.2) is 60.8 Å². The molecule has 5 N–H and O–H groups in total. The Morgan fingerprint density at radius 1 is 1.03 bits per heavy atom. The maximum absolute atomic E-state index is 13.6. The van der Waals surface area contributed by atoms with Crippen LogP contribution in [0.15, 0.2) is 48.5 Å². The smallest absolute Gasteiger partial charge is 0.305 e. The molecule has 0 saturated heterocycles. The van der Waals surface area contributed by atoms with Gasteiger partial charge in [-0.15, -0.1) is 0 Å². The molecule has 204 valence electrons. The lowest BCUT2D eigenvalue weighted by atomic mass is 9.95. The van der Waals surface area contributed by atoms with Gasteiger partial charge < -0.3 is 25.7 Å². The normalized spacial score (nSPS) is 12.9. The van der Waals surface area contributed by atoms with Crippen molar-refractivity contribution < 1.29 is 34.4 Å². The van der Waals surface area contributed by atoms with Gasteiger partial charge in [0.25, 0.3) is 5.91 Å². The molecule has 0 aliphatic carbocycles. The van der Waals surface area contributed by atoms with Crippen LogP contribution in [0.25, 0.3) is 5.69 Å². The van der Waals surface area contributed by atoms with Crippen LogP contribution < -0.4 is 5.32 Å². The molecule has 3 rings (SSSR count). The molecule has 3 aromatic rings. The second-order valence-electron chi connectivity index (χ2n) is 9.57. The minimum absolute atomic E-state index is 0.104. The van der Waals surface area contributed by atoms with Gasteiger partial charge in [0.15, 0.2) is 5.69 Å². The van der Waals surface area contributed by atoms with Crippen molar-refractivity contribution in [1.82, 2.24) is 15.1 Å². The Morgan fingerprint density at radius 2 is 1.71 bits per heavy atom. The number of carbonyl (C=O) groups is 2. The van der Waals surface area contributed by atoms with Crippen molar-refractivity contribution in [2.75, 3.05) is 6.54 Å². The Hall–Kier alpha value is -3.76. The SMILES string of the molecule is CC(C)c1c(C(=O)NCCc2ccccc2O)nn(-c2ccc(F)cc2)c1CC[C@@H](O)C[C@@H](O)CC(=O)O. The molecular weight excluding hydrogens is 493 g/mol. The van der Waals surface area contributed by atoms with Crippen LogP contribution in [0.4, 0.5) is 4.39 Å². The van der Waals surface area contributed by atoms with E-state index in [0.717, 1.165) is 0 Å². The summed E-state index contributed by atoms with van der Waals surface area (Å²) in [7, 11) is 0. The molecule has 0 bridgehead atoms. The first-order valence-corrected chi connectivity index (χ1v) is 12.6. The number of para-hydroxylation sites is 1. The maximum atomic E-state index is 13.6. The topological polar surface area (TPSA) is 145 Å². The summed E-state index contributed by atoms with van der Waals surface area (Å²) in [6.45, 7) is 4.11. The van der Waals surface area contributed by atoms with Gasteiger partial charge in [-0.3, -0.25) is 9.59 Å². The fourth-order valence-corrected chi connectivity index (χ4v) is 4.41. The number of aromatic nitrogens is 2. The zero-order valence-corrected chi connectivity index (χ0v) is 21.5. The molecule has 38 heavy (non-hydrogen) atoms. The number of aromatic hydroxyl groups is 1. The van der Waals surface area contributed by atoms with E-state index in [-0.39, 0.29) is 43.2 Å². The van der Waals surface area contributed by atoms with Crippen molar-refractivity contribution in [3.05, 3.63) is 76.9 Å². The molecule has 9 nitrogen and oxygen atoms in total. The Bertz CT molecular complexity index is 1240. The number of aliphatic hydroxyl groups excluding tert-OH is 2. The molecule has 1 amide bonds. The molecule has 0 aliphatic heterocycles. The summed E-state index contributed by atoms with van der Waals surface area (Å²) in [5, 5.41) is 46.6. The predicted octanol–water partition coefficient (Wildman–Crippen LogP) is 3.33. The van der Waals surface area contributed by atoms with E-state index in [9.17, 15) is 29.3 Å². The number of benzene rings is 2. The van der Waals surface area contributed by atoms with Crippen LogP contribution in [0.2, 0.25) is 0 Å². The zero-order valence-electron chi connectivity index (χ0n) is 21.5. The number of phenolic OH excluding ortho intramolecular Hbond substituents is 1. The molecule has 0 aliphatic rings. The Morgan fingerprint density at radius 3 is 2.34 bits per heavy atom. The number of nitrogens with zero attached hydrogens (tertiary/aromatic N) is 2. The second-order valence-corrected chi connectivity index (χ2v) is 9.57. The molecular formula is C28H34FN3O6. The number of hydrogen-bond donors (Lipinski definition) is 5. The lowest BCUT2D eigenvalue weighted by Gasteiger charge is -2.16. The summed E-state index contributed by atoms with van der Waals surface area (Å²) in [5.74, 6) is -1.94. The number of amides is 1. The fourth-order valence-electron chi connectivity index (χ4n) is 4.41. The number of hydrogen-bond acceptors (Lipinski definition) is 6. The van der Waals surface area contributed by atoms with E-state index in [0.29, 0.717) is 28.9 Å². The van der Waals surface area contributed by atoms with E-state index >= 15 is 0 Å². The molecule has 10 heteroatoms. The Kier molecular flexibility index (Phi) is 9.98. The minimum Gasteiger partial charge on any atom is -0.508 e. The van der Waals surface area contributed by atoms with Gasteiger partial charge in [0, 0.05) is 17.8 Å². The van der Waals surface area contributed by atoms with E-state index in [1.807, 2.05) is 13.8 Å². The number of halogens is 1. The predicted molar refractivity (Wildman–Crippen MR) is 139 cm³/mol. The molecule has 0 fully saturated rings. The van der Waals surface area contributed by atoms with Crippen LogP contribution in [-0.2, 0) is 17.6 Å². The standard InChI is InChI=1S/C28H34FN3O6/c1-17(2)26-23(12-11-21(33)15-22(34)16-25(36)37)32(20-9-7-19(29)8-10-20)31-27(26)28(38)30-14-13-18-5-3-4-6-24(18)35/h3-10,17,21-22,33-35H,11-16H2,1-2H3,(H,30,38)(H,36,37)/t21-,22-/m1/s1. The molecule has 0 spiro atoms. The van der Waals surface area contributed by atoms with Crippen LogP contribution in [0.1, 0.15) is 66.3 Å². The highest BCUT2D eigenvalue weighted by Gasteiger charge is 2.26. The average molecular weight is 528 g/mol.